The number of hydrogen-bond acceptors (Lipinski definition) is 4. The number of hydrogen-bond donors (Lipinski definition) is 2. The maximum atomic E-state index is 12.1. The summed E-state index contributed by atoms with van der Waals surface area (Å²) in [5.74, 6) is -0.387. The van der Waals surface area contributed by atoms with Gasteiger partial charge >= 0.3 is 0 Å². The van der Waals surface area contributed by atoms with Crippen LogP contribution < -0.4 is 10.6 Å². The molecule has 132 valence electrons. The molecule has 0 radical (unpaired) electrons. The van der Waals surface area contributed by atoms with Crippen molar-refractivity contribution < 1.29 is 9.59 Å². The number of carbonyl (C=O) groups excluding carboxylic acids is 2. The lowest BCUT2D eigenvalue weighted by Crippen LogP contribution is -2.26. The summed E-state index contributed by atoms with van der Waals surface area (Å²) in [5, 5.41) is 7.66. The van der Waals surface area contributed by atoms with Gasteiger partial charge in [-0.1, -0.05) is 60.7 Å². The Kier molecular flexibility index (Phi) is 6.11. The molecule has 2 N–H and O–H groups in total. The number of anilines is 1. The molecule has 0 bridgehead atoms. The van der Waals surface area contributed by atoms with E-state index in [0.717, 1.165) is 12.0 Å². The van der Waals surface area contributed by atoms with Crippen LogP contribution in [0.15, 0.2) is 66.0 Å². The molecule has 0 atom stereocenters. The third kappa shape index (κ3) is 5.26. The molecule has 0 spiro atoms. The van der Waals surface area contributed by atoms with Gasteiger partial charge in [-0.15, -0.1) is 11.3 Å². The second-order valence-corrected chi connectivity index (χ2v) is 6.60. The Bertz CT molecular complexity index is 863. The molecular weight excluding hydrogens is 346 g/mol. The van der Waals surface area contributed by atoms with Gasteiger partial charge in [-0.3, -0.25) is 9.59 Å². The normalized spacial score (nSPS) is 10.3. The van der Waals surface area contributed by atoms with Crippen molar-refractivity contribution in [2.24, 2.45) is 0 Å². The SMILES string of the molecule is O=C(Cc1ccccc1)Nc1nc(C(=O)NCCc2ccccc2)cs1. The molecule has 6 heteroatoms. The maximum absolute atomic E-state index is 12.1. The van der Waals surface area contributed by atoms with Crippen molar-refractivity contribution in [1.29, 1.82) is 0 Å². The molecule has 0 aliphatic rings. The van der Waals surface area contributed by atoms with Crippen LogP contribution in [0.1, 0.15) is 21.6 Å². The van der Waals surface area contributed by atoms with E-state index in [2.05, 4.69) is 15.6 Å². The number of amides is 2. The van der Waals surface area contributed by atoms with Crippen molar-refractivity contribution in [3.8, 4) is 0 Å². The lowest BCUT2D eigenvalue weighted by Gasteiger charge is -2.03. The predicted molar refractivity (Wildman–Crippen MR) is 103 cm³/mol. The van der Waals surface area contributed by atoms with Gasteiger partial charge in [0.1, 0.15) is 5.69 Å². The van der Waals surface area contributed by atoms with Crippen LogP contribution >= 0.6 is 11.3 Å². The summed E-state index contributed by atoms with van der Waals surface area (Å²) in [5.41, 5.74) is 2.42. The van der Waals surface area contributed by atoms with Crippen LogP contribution in [0.25, 0.3) is 0 Å². The van der Waals surface area contributed by atoms with E-state index in [-0.39, 0.29) is 18.2 Å². The van der Waals surface area contributed by atoms with E-state index in [4.69, 9.17) is 0 Å². The predicted octanol–water partition coefficient (Wildman–Crippen LogP) is 3.30. The van der Waals surface area contributed by atoms with E-state index in [1.807, 2.05) is 60.7 Å². The number of benzene rings is 2. The Morgan fingerprint density at radius 2 is 1.58 bits per heavy atom. The molecule has 1 aromatic heterocycles. The highest BCUT2D eigenvalue weighted by atomic mass is 32.1. The molecule has 5 nitrogen and oxygen atoms in total. The van der Waals surface area contributed by atoms with Crippen LogP contribution in [-0.2, 0) is 17.6 Å². The number of nitrogens with one attached hydrogen (secondary N) is 2. The number of nitrogens with zero attached hydrogens (tertiary/aromatic N) is 1. The average molecular weight is 365 g/mol. The van der Waals surface area contributed by atoms with Gasteiger partial charge in [0.15, 0.2) is 5.13 Å². The lowest BCUT2D eigenvalue weighted by molar-refractivity contribution is -0.115. The third-order valence-corrected chi connectivity index (χ3v) is 4.49. The molecule has 26 heavy (non-hydrogen) atoms. The summed E-state index contributed by atoms with van der Waals surface area (Å²) >= 11 is 1.24. The van der Waals surface area contributed by atoms with Crippen LogP contribution in [0.5, 0.6) is 0 Å². The van der Waals surface area contributed by atoms with E-state index in [9.17, 15) is 9.59 Å². The number of rotatable bonds is 7. The van der Waals surface area contributed by atoms with E-state index < -0.39 is 0 Å². The largest absolute Gasteiger partial charge is 0.350 e. The topological polar surface area (TPSA) is 71.1 Å². The van der Waals surface area contributed by atoms with Crippen molar-refractivity contribution in [2.45, 2.75) is 12.8 Å². The Hall–Kier alpha value is -2.99. The minimum absolute atomic E-state index is 0.151. The van der Waals surface area contributed by atoms with E-state index >= 15 is 0 Å². The molecule has 0 saturated heterocycles. The van der Waals surface area contributed by atoms with Gasteiger partial charge in [-0.05, 0) is 17.5 Å². The molecule has 0 aliphatic heterocycles. The van der Waals surface area contributed by atoms with Crippen molar-refractivity contribution in [3.63, 3.8) is 0 Å². The van der Waals surface area contributed by atoms with E-state index in [1.165, 1.54) is 16.9 Å². The highest BCUT2D eigenvalue weighted by Crippen LogP contribution is 2.16. The van der Waals surface area contributed by atoms with Gasteiger partial charge in [0, 0.05) is 11.9 Å². The molecule has 3 rings (SSSR count). The molecule has 2 aromatic carbocycles. The van der Waals surface area contributed by atoms with Gasteiger partial charge in [0.05, 0.1) is 6.42 Å². The average Bonchev–Trinajstić information content (AvgIpc) is 3.12. The smallest absolute Gasteiger partial charge is 0.270 e. The minimum atomic E-state index is -0.235. The van der Waals surface area contributed by atoms with Crippen LogP contribution in [-0.4, -0.2) is 23.3 Å². The molecule has 0 saturated carbocycles. The Labute approximate surface area is 156 Å². The molecule has 0 fully saturated rings. The highest BCUT2D eigenvalue weighted by molar-refractivity contribution is 7.14. The van der Waals surface area contributed by atoms with Crippen molar-refractivity contribution >= 4 is 28.3 Å². The van der Waals surface area contributed by atoms with Crippen molar-refractivity contribution in [3.05, 3.63) is 82.9 Å². The molecule has 2 amide bonds. The summed E-state index contributed by atoms with van der Waals surface area (Å²) in [6.45, 7) is 0.538. The first-order valence-corrected chi connectivity index (χ1v) is 9.20. The molecule has 0 unspecified atom stereocenters. The number of thiazole rings is 1. The van der Waals surface area contributed by atoms with Crippen LogP contribution in [0.3, 0.4) is 0 Å². The quantitative estimate of drug-likeness (QED) is 0.675. The summed E-state index contributed by atoms with van der Waals surface area (Å²) in [7, 11) is 0. The van der Waals surface area contributed by atoms with Gasteiger partial charge in [-0.25, -0.2) is 4.98 Å². The van der Waals surface area contributed by atoms with Gasteiger partial charge < -0.3 is 10.6 Å². The van der Waals surface area contributed by atoms with Crippen molar-refractivity contribution in [2.75, 3.05) is 11.9 Å². The standard InChI is InChI=1S/C20H19N3O2S/c24-18(13-16-9-5-2-6-10-16)23-20-22-17(14-26-20)19(25)21-12-11-15-7-3-1-4-8-15/h1-10,14H,11-13H2,(H,21,25)(H,22,23,24). The first-order chi connectivity index (χ1) is 12.7. The third-order valence-electron chi connectivity index (χ3n) is 3.73. The zero-order chi connectivity index (χ0) is 18.2. The zero-order valence-corrected chi connectivity index (χ0v) is 15.0. The molecule has 3 aromatic rings. The molecule has 1 heterocycles. The minimum Gasteiger partial charge on any atom is -0.350 e. The highest BCUT2D eigenvalue weighted by Gasteiger charge is 2.12. The first-order valence-electron chi connectivity index (χ1n) is 8.32. The summed E-state index contributed by atoms with van der Waals surface area (Å²) in [6, 6.07) is 19.4. The van der Waals surface area contributed by atoms with Crippen LogP contribution in [0.2, 0.25) is 0 Å². The maximum Gasteiger partial charge on any atom is 0.270 e. The summed E-state index contributed by atoms with van der Waals surface area (Å²) in [4.78, 5) is 28.4. The summed E-state index contributed by atoms with van der Waals surface area (Å²) < 4.78 is 0. The fourth-order valence-corrected chi connectivity index (χ4v) is 3.14. The Morgan fingerprint density at radius 3 is 2.27 bits per heavy atom. The fraction of sp³-hybridized carbons (Fsp3) is 0.150. The van der Waals surface area contributed by atoms with Gasteiger partial charge in [0.25, 0.3) is 5.91 Å². The Balaban J connectivity index is 1.47. The second kappa shape index (κ2) is 8.92. The van der Waals surface area contributed by atoms with E-state index in [1.54, 1.807) is 5.38 Å². The molecule has 0 aliphatic carbocycles. The van der Waals surface area contributed by atoms with Crippen molar-refractivity contribution in [1.82, 2.24) is 10.3 Å². The first kappa shape index (κ1) is 17.8. The lowest BCUT2D eigenvalue weighted by atomic mass is 10.1. The molecular formula is C20H19N3O2S. The van der Waals surface area contributed by atoms with Crippen LogP contribution in [0, 0.1) is 0 Å². The monoisotopic (exact) mass is 365 g/mol. The Morgan fingerprint density at radius 1 is 0.923 bits per heavy atom. The second-order valence-electron chi connectivity index (χ2n) is 5.74. The van der Waals surface area contributed by atoms with Gasteiger partial charge in [-0.2, -0.15) is 0 Å². The van der Waals surface area contributed by atoms with E-state index in [0.29, 0.717) is 17.4 Å². The zero-order valence-electron chi connectivity index (χ0n) is 14.1. The fourth-order valence-electron chi connectivity index (χ4n) is 2.44. The summed E-state index contributed by atoms with van der Waals surface area (Å²) in [6.07, 6.45) is 1.04. The van der Waals surface area contributed by atoms with Gasteiger partial charge in [0.2, 0.25) is 5.91 Å². The van der Waals surface area contributed by atoms with Crippen LogP contribution in [0.4, 0.5) is 5.13 Å². The number of carbonyl (C=O) groups is 2. The number of aromatic nitrogens is 1.